The average Bonchev–Trinajstić information content (AvgIpc) is 3.08. The molecule has 2 aliphatic rings. The molecule has 3 rings (SSSR count). The van der Waals surface area contributed by atoms with Crippen LogP contribution in [0.1, 0.15) is 32.1 Å². The highest BCUT2D eigenvalue weighted by Crippen LogP contribution is 2.31. The lowest BCUT2D eigenvalue weighted by atomic mass is 10.0. The van der Waals surface area contributed by atoms with Gasteiger partial charge in [-0.2, -0.15) is 0 Å². The van der Waals surface area contributed by atoms with E-state index in [2.05, 4.69) is 0 Å². The van der Waals surface area contributed by atoms with Gasteiger partial charge in [-0.15, -0.1) is 0 Å². The van der Waals surface area contributed by atoms with Crippen LogP contribution < -0.4 is 4.90 Å². The average molecular weight is 335 g/mol. The summed E-state index contributed by atoms with van der Waals surface area (Å²) in [7, 11) is 0. The zero-order valence-electron chi connectivity index (χ0n) is 13.6. The quantitative estimate of drug-likeness (QED) is 0.627. The van der Waals surface area contributed by atoms with E-state index in [-0.39, 0.29) is 11.6 Å². The third-order valence-corrected chi connectivity index (χ3v) is 5.05. The van der Waals surface area contributed by atoms with E-state index in [1.54, 1.807) is 0 Å². The highest BCUT2D eigenvalue weighted by molar-refractivity contribution is 5.77. The van der Waals surface area contributed by atoms with Gasteiger partial charge in [0.2, 0.25) is 5.91 Å². The van der Waals surface area contributed by atoms with Crippen molar-refractivity contribution in [1.29, 1.82) is 0 Å². The summed E-state index contributed by atoms with van der Waals surface area (Å²) < 4.78 is 13.3. The molecule has 130 valence electrons. The third kappa shape index (κ3) is 3.66. The summed E-state index contributed by atoms with van der Waals surface area (Å²) in [4.78, 5) is 26.6. The largest absolute Gasteiger partial charge is 0.362 e. The van der Waals surface area contributed by atoms with Crippen LogP contribution in [-0.4, -0.2) is 41.9 Å². The predicted octanol–water partition coefficient (Wildman–Crippen LogP) is 2.96. The lowest BCUT2D eigenvalue weighted by Gasteiger charge is -2.36. The fraction of sp³-hybridized carbons (Fsp3) is 0.588. The number of piperazine rings is 1. The number of anilines is 1. The van der Waals surface area contributed by atoms with Gasteiger partial charge in [-0.1, -0.05) is 12.8 Å². The van der Waals surface area contributed by atoms with Crippen molar-refractivity contribution in [3.05, 3.63) is 34.1 Å². The van der Waals surface area contributed by atoms with E-state index < -0.39 is 10.7 Å². The van der Waals surface area contributed by atoms with Crippen LogP contribution in [0.4, 0.5) is 15.8 Å². The SMILES string of the molecule is O=C(CC1CCCC1)N1CCN(c2ccc(F)cc2[N+](=O)[O-])CC1. The highest BCUT2D eigenvalue weighted by Gasteiger charge is 2.27. The van der Waals surface area contributed by atoms with Gasteiger partial charge in [0.15, 0.2) is 0 Å². The summed E-state index contributed by atoms with van der Waals surface area (Å²) in [5.74, 6) is 0.0969. The fourth-order valence-electron chi connectivity index (χ4n) is 3.70. The Hall–Kier alpha value is -2.18. The molecule has 7 heteroatoms. The Labute approximate surface area is 140 Å². The molecule has 1 aliphatic heterocycles. The smallest absolute Gasteiger partial charge is 0.295 e. The Morgan fingerprint density at radius 2 is 1.88 bits per heavy atom. The Balaban J connectivity index is 1.60. The summed E-state index contributed by atoms with van der Waals surface area (Å²) in [6, 6.07) is 3.64. The first-order chi connectivity index (χ1) is 11.5. The molecule has 2 fully saturated rings. The van der Waals surface area contributed by atoms with Gasteiger partial charge in [0.1, 0.15) is 11.5 Å². The van der Waals surface area contributed by atoms with Crippen molar-refractivity contribution in [3.63, 3.8) is 0 Å². The van der Waals surface area contributed by atoms with E-state index in [0.717, 1.165) is 18.9 Å². The molecule has 1 aromatic rings. The van der Waals surface area contributed by atoms with Crippen molar-refractivity contribution in [2.75, 3.05) is 31.1 Å². The summed E-state index contributed by atoms with van der Waals surface area (Å²) in [5, 5.41) is 11.1. The minimum atomic E-state index is -0.615. The van der Waals surface area contributed by atoms with Gasteiger partial charge in [-0.3, -0.25) is 14.9 Å². The maximum Gasteiger partial charge on any atom is 0.295 e. The van der Waals surface area contributed by atoms with Gasteiger partial charge >= 0.3 is 0 Å². The second-order valence-electron chi connectivity index (χ2n) is 6.61. The van der Waals surface area contributed by atoms with Crippen LogP contribution in [0.25, 0.3) is 0 Å². The van der Waals surface area contributed by atoms with Crippen LogP contribution in [0.5, 0.6) is 0 Å². The van der Waals surface area contributed by atoms with Gasteiger partial charge in [0.25, 0.3) is 5.69 Å². The Kier molecular flexibility index (Phi) is 4.97. The van der Waals surface area contributed by atoms with Crippen molar-refractivity contribution < 1.29 is 14.1 Å². The molecule has 1 saturated carbocycles. The number of halogens is 1. The molecule has 0 bridgehead atoms. The van der Waals surface area contributed by atoms with Gasteiger partial charge in [-0.05, 0) is 30.9 Å². The summed E-state index contributed by atoms with van der Waals surface area (Å²) >= 11 is 0. The molecule has 0 aromatic heterocycles. The first-order valence-corrected chi connectivity index (χ1v) is 8.51. The van der Waals surface area contributed by atoms with Crippen LogP contribution in [0, 0.1) is 21.8 Å². The van der Waals surface area contributed by atoms with Gasteiger partial charge in [0, 0.05) is 32.6 Å². The zero-order valence-corrected chi connectivity index (χ0v) is 13.6. The zero-order chi connectivity index (χ0) is 17.1. The Morgan fingerprint density at radius 3 is 2.50 bits per heavy atom. The van der Waals surface area contributed by atoms with E-state index in [0.29, 0.717) is 44.2 Å². The number of nitro benzene ring substituents is 1. The molecular weight excluding hydrogens is 313 g/mol. The van der Waals surface area contributed by atoms with Crippen LogP contribution in [0.3, 0.4) is 0 Å². The first kappa shape index (κ1) is 16.7. The molecule has 0 unspecified atom stereocenters. The number of carbonyl (C=O) groups is 1. The van der Waals surface area contributed by atoms with Crippen molar-refractivity contribution >= 4 is 17.3 Å². The molecule has 24 heavy (non-hydrogen) atoms. The second kappa shape index (κ2) is 7.15. The molecule has 0 N–H and O–H groups in total. The predicted molar refractivity (Wildman–Crippen MR) is 88.4 cm³/mol. The van der Waals surface area contributed by atoms with Crippen LogP contribution in [-0.2, 0) is 4.79 Å². The van der Waals surface area contributed by atoms with E-state index in [1.807, 2.05) is 9.80 Å². The van der Waals surface area contributed by atoms with Crippen LogP contribution >= 0.6 is 0 Å². The molecule has 0 radical (unpaired) electrons. The molecular formula is C17H22FN3O3. The third-order valence-electron chi connectivity index (χ3n) is 5.05. The number of hydrogen-bond donors (Lipinski definition) is 0. The number of nitro groups is 1. The molecule has 1 aliphatic carbocycles. The number of benzene rings is 1. The Morgan fingerprint density at radius 1 is 1.21 bits per heavy atom. The summed E-state index contributed by atoms with van der Waals surface area (Å²) in [6.45, 7) is 2.17. The lowest BCUT2D eigenvalue weighted by molar-refractivity contribution is -0.384. The minimum Gasteiger partial charge on any atom is -0.362 e. The highest BCUT2D eigenvalue weighted by atomic mass is 19.1. The lowest BCUT2D eigenvalue weighted by Crippen LogP contribution is -2.49. The number of rotatable bonds is 4. The number of carbonyl (C=O) groups excluding carboxylic acids is 1. The second-order valence-corrected chi connectivity index (χ2v) is 6.61. The molecule has 1 amide bonds. The van der Waals surface area contributed by atoms with Crippen molar-refractivity contribution in [2.45, 2.75) is 32.1 Å². The number of hydrogen-bond acceptors (Lipinski definition) is 4. The topological polar surface area (TPSA) is 66.7 Å². The maximum absolute atomic E-state index is 13.3. The molecule has 1 saturated heterocycles. The van der Waals surface area contributed by atoms with Gasteiger partial charge in [-0.25, -0.2) is 4.39 Å². The van der Waals surface area contributed by atoms with Crippen molar-refractivity contribution in [3.8, 4) is 0 Å². The number of nitrogens with zero attached hydrogens (tertiary/aromatic N) is 3. The van der Waals surface area contributed by atoms with Gasteiger partial charge in [0.05, 0.1) is 11.0 Å². The molecule has 0 atom stereocenters. The maximum atomic E-state index is 13.3. The number of amides is 1. The van der Waals surface area contributed by atoms with E-state index >= 15 is 0 Å². The van der Waals surface area contributed by atoms with E-state index in [9.17, 15) is 19.3 Å². The van der Waals surface area contributed by atoms with E-state index in [4.69, 9.17) is 0 Å². The van der Waals surface area contributed by atoms with Crippen molar-refractivity contribution in [2.24, 2.45) is 5.92 Å². The van der Waals surface area contributed by atoms with Crippen molar-refractivity contribution in [1.82, 2.24) is 4.90 Å². The normalized spacial score (nSPS) is 18.9. The summed E-state index contributed by atoms with van der Waals surface area (Å²) in [6.07, 6.45) is 5.36. The van der Waals surface area contributed by atoms with Gasteiger partial charge < -0.3 is 9.80 Å². The molecule has 6 nitrogen and oxygen atoms in total. The first-order valence-electron chi connectivity index (χ1n) is 8.51. The summed E-state index contributed by atoms with van der Waals surface area (Å²) in [5.41, 5.74) is 0.199. The molecule has 1 heterocycles. The fourth-order valence-corrected chi connectivity index (χ4v) is 3.70. The standard InChI is InChI=1S/C17H22FN3O3/c18-14-5-6-15(16(12-14)21(23)24)19-7-9-20(10-8-19)17(22)11-13-3-1-2-4-13/h5-6,12-13H,1-4,7-11H2. The molecule has 1 aromatic carbocycles. The Bertz CT molecular complexity index is 624. The minimum absolute atomic E-state index is 0.190. The molecule has 0 spiro atoms. The monoisotopic (exact) mass is 335 g/mol. The van der Waals surface area contributed by atoms with E-state index in [1.165, 1.54) is 25.0 Å². The van der Waals surface area contributed by atoms with Crippen LogP contribution in [0.15, 0.2) is 18.2 Å². The van der Waals surface area contributed by atoms with Crippen LogP contribution in [0.2, 0.25) is 0 Å².